The maximum absolute atomic E-state index is 11.6. The average Bonchev–Trinajstić information content (AvgIpc) is 2.63. The Hall–Kier alpha value is -0.810. The first-order valence-electron chi connectivity index (χ1n) is 5.38. The normalized spacial score (nSPS) is 14.3. The molecule has 1 unspecified atom stereocenters. The molecule has 0 bridgehead atoms. The van der Waals surface area contributed by atoms with Gasteiger partial charge in [-0.1, -0.05) is 0 Å². The van der Waals surface area contributed by atoms with E-state index in [-0.39, 0.29) is 11.0 Å². The minimum Gasteiger partial charge on any atom is -0.389 e. The minimum atomic E-state index is -2.99. The number of nitrogens with zero attached hydrogens (tertiary/aromatic N) is 1. The van der Waals surface area contributed by atoms with Gasteiger partial charge in [-0.15, -0.1) is 0 Å². The van der Waals surface area contributed by atoms with E-state index in [2.05, 4.69) is 0 Å². The quantitative estimate of drug-likeness (QED) is 0.852. The molecule has 5 heteroatoms. The molecule has 16 heavy (non-hydrogen) atoms. The Morgan fingerprint density at radius 1 is 1.38 bits per heavy atom. The van der Waals surface area contributed by atoms with Crippen LogP contribution in [0, 0.1) is 0 Å². The molecule has 1 atom stereocenters. The van der Waals surface area contributed by atoms with E-state index in [0.717, 1.165) is 5.56 Å². The van der Waals surface area contributed by atoms with Crippen molar-refractivity contribution < 1.29 is 13.5 Å². The highest BCUT2D eigenvalue weighted by Crippen LogP contribution is 2.12. The third kappa shape index (κ3) is 3.35. The summed E-state index contributed by atoms with van der Waals surface area (Å²) in [4.78, 5) is 0. The van der Waals surface area contributed by atoms with Crippen LogP contribution >= 0.6 is 0 Å². The zero-order chi connectivity index (χ0) is 12.3. The average molecular weight is 245 g/mol. The van der Waals surface area contributed by atoms with Gasteiger partial charge >= 0.3 is 0 Å². The van der Waals surface area contributed by atoms with Crippen LogP contribution in [0.1, 0.15) is 32.4 Å². The molecule has 0 radical (unpaired) electrons. The van der Waals surface area contributed by atoms with Gasteiger partial charge in [0.25, 0.3) is 0 Å². The summed E-state index contributed by atoms with van der Waals surface area (Å²) in [5.74, 6) is 0.137. The smallest absolute Gasteiger partial charge is 0.154 e. The lowest BCUT2D eigenvalue weighted by Gasteiger charge is -2.08. The molecule has 0 saturated heterocycles. The first-order chi connectivity index (χ1) is 7.33. The molecule has 0 aliphatic rings. The largest absolute Gasteiger partial charge is 0.389 e. The molecular formula is C11H19NO3S. The Kier molecular flexibility index (Phi) is 4.15. The molecule has 0 aliphatic carbocycles. The van der Waals surface area contributed by atoms with Gasteiger partial charge in [-0.05, 0) is 32.4 Å². The van der Waals surface area contributed by atoms with Gasteiger partial charge in [0, 0.05) is 18.9 Å². The van der Waals surface area contributed by atoms with E-state index >= 15 is 0 Å². The number of sulfone groups is 1. The van der Waals surface area contributed by atoms with E-state index in [1.807, 2.05) is 0 Å². The second-order valence-electron chi connectivity index (χ2n) is 4.27. The highest BCUT2D eigenvalue weighted by Gasteiger charge is 2.15. The predicted octanol–water partition coefficient (Wildman–Crippen LogP) is 1.36. The Bertz CT molecular complexity index is 432. The lowest BCUT2D eigenvalue weighted by atomic mass is 10.2. The highest BCUT2D eigenvalue weighted by atomic mass is 32.2. The monoisotopic (exact) mass is 245 g/mol. The van der Waals surface area contributed by atoms with E-state index in [1.165, 1.54) is 0 Å². The van der Waals surface area contributed by atoms with Crippen molar-refractivity contribution in [1.82, 2.24) is 4.57 Å². The van der Waals surface area contributed by atoms with Crippen molar-refractivity contribution in [3.05, 3.63) is 24.0 Å². The molecule has 0 aromatic carbocycles. The van der Waals surface area contributed by atoms with E-state index in [4.69, 9.17) is 0 Å². The molecule has 4 nitrogen and oxygen atoms in total. The van der Waals surface area contributed by atoms with Gasteiger partial charge in [0.15, 0.2) is 9.84 Å². The summed E-state index contributed by atoms with van der Waals surface area (Å²) in [5.41, 5.74) is 0.807. The summed E-state index contributed by atoms with van der Waals surface area (Å²) in [6, 6.07) is 1.80. The van der Waals surface area contributed by atoms with Crippen LogP contribution in [-0.2, 0) is 16.4 Å². The van der Waals surface area contributed by atoms with Gasteiger partial charge in [0.2, 0.25) is 0 Å². The van der Waals surface area contributed by atoms with Gasteiger partial charge in [0.1, 0.15) is 0 Å². The first kappa shape index (κ1) is 13.3. The number of aromatic nitrogens is 1. The van der Waals surface area contributed by atoms with Crippen LogP contribution < -0.4 is 0 Å². The molecule has 1 heterocycles. The summed E-state index contributed by atoms with van der Waals surface area (Å²) in [6.07, 6.45) is 3.06. The predicted molar refractivity (Wildman–Crippen MR) is 64.0 cm³/mol. The number of aliphatic hydroxyl groups excluding tert-OH is 1. The molecular weight excluding hydrogens is 226 g/mol. The topological polar surface area (TPSA) is 59.3 Å². The first-order valence-corrected chi connectivity index (χ1v) is 7.10. The van der Waals surface area contributed by atoms with Crippen molar-refractivity contribution in [2.24, 2.45) is 0 Å². The van der Waals surface area contributed by atoms with Gasteiger partial charge in [0.05, 0.1) is 17.1 Å². The molecule has 92 valence electrons. The van der Waals surface area contributed by atoms with Crippen LogP contribution in [0.2, 0.25) is 0 Å². The zero-order valence-corrected chi connectivity index (χ0v) is 10.7. The van der Waals surface area contributed by atoms with Crippen LogP contribution in [0.15, 0.2) is 18.5 Å². The fourth-order valence-electron chi connectivity index (χ4n) is 1.31. The number of hydrogen-bond donors (Lipinski definition) is 1. The molecule has 0 spiro atoms. The number of aliphatic hydroxyl groups is 1. The Labute approximate surface area is 96.8 Å². The molecule has 0 aliphatic heterocycles. The van der Waals surface area contributed by atoms with Crippen LogP contribution in [-0.4, -0.2) is 29.1 Å². The number of rotatable bonds is 5. The highest BCUT2D eigenvalue weighted by molar-refractivity contribution is 7.91. The van der Waals surface area contributed by atoms with Crippen molar-refractivity contribution in [1.29, 1.82) is 0 Å². The second kappa shape index (κ2) is 5.01. The van der Waals surface area contributed by atoms with Crippen LogP contribution in [0.5, 0.6) is 0 Å². The molecule has 0 saturated carbocycles. The fraction of sp³-hybridized carbons (Fsp3) is 0.636. The van der Waals surface area contributed by atoms with Gasteiger partial charge in [-0.3, -0.25) is 0 Å². The minimum absolute atomic E-state index is 0.137. The van der Waals surface area contributed by atoms with Gasteiger partial charge in [-0.25, -0.2) is 8.42 Å². The number of hydrogen-bond acceptors (Lipinski definition) is 3. The fourth-order valence-corrected chi connectivity index (χ4v) is 2.25. The molecule has 1 aromatic rings. The van der Waals surface area contributed by atoms with E-state index in [9.17, 15) is 13.5 Å². The summed E-state index contributed by atoms with van der Waals surface area (Å²) in [7, 11) is -2.99. The zero-order valence-electron chi connectivity index (χ0n) is 9.92. The SMILES string of the molecule is CC(O)c1ccn(CCS(=O)(=O)C(C)C)c1. The maximum Gasteiger partial charge on any atom is 0.154 e. The number of aryl methyl sites for hydroxylation is 1. The lowest BCUT2D eigenvalue weighted by molar-refractivity contribution is 0.199. The summed E-state index contributed by atoms with van der Waals surface area (Å²) >= 11 is 0. The van der Waals surface area contributed by atoms with E-state index < -0.39 is 15.9 Å². The molecule has 1 aromatic heterocycles. The van der Waals surface area contributed by atoms with Gasteiger partial charge < -0.3 is 9.67 Å². The molecule has 1 N–H and O–H groups in total. The third-order valence-electron chi connectivity index (χ3n) is 2.61. The van der Waals surface area contributed by atoms with E-state index in [1.54, 1.807) is 43.8 Å². The maximum atomic E-state index is 11.6. The van der Waals surface area contributed by atoms with Crippen molar-refractivity contribution in [2.75, 3.05) is 5.75 Å². The lowest BCUT2D eigenvalue weighted by Crippen LogP contribution is -2.20. The third-order valence-corrected chi connectivity index (χ3v) is 4.80. The van der Waals surface area contributed by atoms with Crippen molar-refractivity contribution in [3.8, 4) is 0 Å². The van der Waals surface area contributed by atoms with Crippen molar-refractivity contribution in [3.63, 3.8) is 0 Å². The van der Waals surface area contributed by atoms with Gasteiger partial charge in [-0.2, -0.15) is 0 Å². The van der Waals surface area contributed by atoms with Crippen LogP contribution in [0.4, 0.5) is 0 Å². The van der Waals surface area contributed by atoms with E-state index in [0.29, 0.717) is 6.54 Å². The van der Waals surface area contributed by atoms with Crippen molar-refractivity contribution in [2.45, 2.75) is 38.7 Å². The molecule has 0 amide bonds. The van der Waals surface area contributed by atoms with Crippen LogP contribution in [0.3, 0.4) is 0 Å². The standard InChI is InChI=1S/C11H19NO3S/c1-9(2)16(14,15)7-6-12-5-4-11(8-12)10(3)13/h4-5,8-10,13H,6-7H2,1-3H3. The van der Waals surface area contributed by atoms with Crippen LogP contribution in [0.25, 0.3) is 0 Å². The van der Waals surface area contributed by atoms with Crippen molar-refractivity contribution >= 4 is 9.84 Å². The molecule has 1 rings (SSSR count). The summed E-state index contributed by atoms with van der Waals surface area (Å²) in [5, 5.41) is 8.99. The summed E-state index contributed by atoms with van der Waals surface area (Å²) in [6.45, 7) is 5.50. The second-order valence-corrected chi connectivity index (χ2v) is 6.95. The Morgan fingerprint density at radius 2 is 2.00 bits per heavy atom. The Morgan fingerprint density at radius 3 is 2.44 bits per heavy atom. The Balaban J connectivity index is 2.62. The summed E-state index contributed by atoms with van der Waals surface area (Å²) < 4.78 is 25.0. The molecule has 0 fully saturated rings.